The average Bonchev–Trinajstić information content (AvgIpc) is 3.43. The van der Waals surface area contributed by atoms with Crippen molar-refractivity contribution in [2.75, 3.05) is 39.3 Å². The molecule has 11 heteroatoms. The molecule has 2 aliphatic rings. The number of alkyl carbamates (subject to hydrolysis) is 2. The number of hydrogen-bond acceptors (Lipinski definition) is 9. The largest absolute Gasteiger partial charge is 0.508 e. The minimum absolute atomic E-state index is 0.0282. The van der Waals surface area contributed by atoms with Crippen LogP contribution in [0, 0.1) is 34.5 Å². The van der Waals surface area contributed by atoms with Gasteiger partial charge in [0.2, 0.25) is 0 Å². The predicted octanol–water partition coefficient (Wildman–Crippen LogP) is 4.69. The summed E-state index contributed by atoms with van der Waals surface area (Å²) in [6.07, 6.45) is -2.52. The number of carbonyl (C=O) groups excluding carboxylic acids is 3. The van der Waals surface area contributed by atoms with Gasteiger partial charge < -0.3 is 40.2 Å². The predicted molar refractivity (Wildman–Crippen MR) is 162 cm³/mol. The Labute approximate surface area is 253 Å². The Morgan fingerprint density at radius 1 is 0.619 bits per heavy atom. The molecular formula is C31H58N4O7. The first-order chi connectivity index (χ1) is 19.1. The molecule has 6 unspecified atom stereocenters. The zero-order valence-electron chi connectivity index (χ0n) is 28.1. The van der Waals surface area contributed by atoms with Gasteiger partial charge in [-0.3, -0.25) is 0 Å². The van der Waals surface area contributed by atoms with Crippen LogP contribution in [0.15, 0.2) is 0 Å². The lowest BCUT2D eigenvalue weighted by Gasteiger charge is -2.39. The molecule has 4 N–H and O–H groups in total. The molecule has 0 aromatic rings. The Morgan fingerprint density at radius 2 is 0.952 bits per heavy atom. The second kappa shape index (κ2) is 14.0. The Morgan fingerprint density at radius 3 is 1.24 bits per heavy atom. The van der Waals surface area contributed by atoms with Crippen molar-refractivity contribution in [1.29, 1.82) is 0 Å². The number of hydrogen-bond donors (Lipinski definition) is 4. The smallest absolute Gasteiger partial charge is 0.444 e. The van der Waals surface area contributed by atoms with Crippen molar-refractivity contribution < 1.29 is 33.3 Å². The van der Waals surface area contributed by atoms with E-state index in [9.17, 15) is 14.4 Å². The van der Waals surface area contributed by atoms with Crippen molar-refractivity contribution in [3.05, 3.63) is 0 Å². The van der Waals surface area contributed by atoms with Gasteiger partial charge in [0.25, 0.3) is 0 Å². The Kier molecular flexibility index (Phi) is 12.0. The molecule has 0 aromatic heterocycles. The SMILES string of the molecule is CC(C)(C)OC(=O)NCC1CNCC1C(OC(=O)OC(C1CNCC1CNC(=O)OC(C)(C)C)C(C)(C)C)C(C)(C)C. The minimum Gasteiger partial charge on any atom is -0.444 e. The van der Waals surface area contributed by atoms with Crippen LogP contribution in [0.25, 0.3) is 0 Å². The standard InChI is InChI=1S/C31H58N4O7/c1-28(2,3)23(21-17-32-13-19(21)15-34-25(36)41-30(7,8)9)39-27(38)40-24(29(4,5)6)22-18-33-14-20(22)16-35-26(37)42-31(10,11)12/h19-24,32-33H,13-18H2,1-12H3,(H,34,36)(H,35,37). The van der Waals surface area contributed by atoms with Gasteiger partial charge in [-0.05, 0) is 64.2 Å². The minimum atomic E-state index is -0.702. The third kappa shape index (κ3) is 11.8. The summed E-state index contributed by atoms with van der Waals surface area (Å²) in [5, 5.41) is 12.5. The number of rotatable bonds is 8. The van der Waals surface area contributed by atoms with E-state index in [-0.39, 0.29) is 34.5 Å². The van der Waals surface area contributed by atoms with E-state index in [0.717, 1.165) is 0 Å². The fourth-order valence-corrected chi connectivity index (χ4v) is 5.77. The Bertz CT molecular complexity index is 842. The van der Waals surface area contributed by atoms with E-state index in [2.05, 4.69) is 21.3 Å². The fraction of sp³-hybridized carbons (Fsp3) is 0.903. The summed E-state index contributed by atoms with van der Waals surface area (Å²) in [5.41, 5.74) is -1.90. The summed E-state index contributed by atoms with van der Waals surface area (Å²) in [4.78, 5) is 38.0. The van der Waals surface area contributed by atoms with Crippen molar-refractivity contribution in [3.63, 3.8) is 0 Å². The molecule has 2 fully saturated rings. The maximum atomic E-state index is 13.5. The Hall–Kier alpha value is -2.27. The van der Waals surface area contributed by atoms with Crippen LogP contribution >= 0.6 is 0 Å². The van der Waals surface area contributed by atoms with Crippen molar-refractivity contribution in [1.82, 2.24) is 21.3 Å². The molecular weight excluding hydrogens is 540 g/mol. The molecule has 0 bridgehead atoms. The first kappa shape index (κ1) is 35.9. The lowest BCUT2D eigenvalue weighted by molar-refractivity contribution is -0.0909. The van der Waals surface area contributed by atoms with Gasteiger partial charge in [-0.1, -0.05) is 41.5 Å². The van der Waals surface area contributed by atoms with Crippen molar-refractivity contribution in [3.8, 4) is 0 Å². The van der Waals surface area contributed by atoms with E-state index in [1.165, 1.54) is 0 Å². The summed E-state index contributed by atoms with van der Waals surface area (Å²) in [6.45, 7) is 26.7. The molecule has 42 heavy (non-hydrogen) atoms. The number of carbonyl (C=O) groups is 3. The van der Waals surface area contributed by atoms with Gasteiger partial charge in [-0.2, -0.15) is 0 Å². The van der Waals surface area contributed by atoms with Gasteiger partial charge in [-0.15, -0.1) is 0 Å². The summed E-state index contributed by atoms with van der Waals surface area (Å²) in [7, 11) is 0. The highest BCUT2D eigenvalue weighted by molar-refractivity contribution is 5.68. The van der Waals surface area contributed by atoms with Crippen molar-refractivity contribution in [2.24, 2.45) is 34.5 Å². The third-order valence-electron chi connectivity index (χ3n) is 7.53. The molecule has 244 valence electrons. The van der Waals surface area contributed by atoms with Gasteiger partial charge in [-0.25, -0.2) is 14.4 Å². The van der Waals surface area contributed by atoms with Crippen molar-refractivity contribution >= 4 is 18.3 Å². The zero-order chi connectivity index (χ0) is 32.1. The fourth-order valence-electron chi connectivity index (χ4n) is 5.77. The number of nitrogens with one attached hydrogen (secondary N) is 4. The zero-order valence-corrected chi connectivity index (χ0v) is 28.1. The van der Waals surface area contributed by atoms with Crippen molar-refractivity contribution in [2.45, 2.75) is 106 Å². The van der Waals surface area contributed by atoms with E-state index < -0.39 is 41.8 Å². The number of ether oxygens (including phenoxy) is 4. The molecule has 2 heterocycles. The van der Waals surface area contributed by atoms with E-state index >= 15 is 0 Å². The van der Waals surface area contributed by atoms with Gasteiger partial charge >= 0.3 is 18.3 Å². The molecule has 2 rings (SSSR count). The molecule has 0 spiro atoms. The number of amides is 2. The van der Waals surface area contributed by atoms with E-state index in [1.54, 1.807) is 0 Å². The van der Waals surface area contributed by atoms with Gasteiger partial charge in [0, 0.05) is 51.1 Å². The summed E-state index contributed by atoms with van der Waals surface area (Å²) in [5.74, 6) is 0.0459. The second-order valence-electron chi connectivity index (χ2n) is 16.0. The molecule has 0 aliphatic carbocycles. The highest BCUT2D eigenvalue weighted by Gasteiger charge is 2.46. The monoisotopic (exact) mass is 598 g/mol. The van der Waals surface area contributed by atoms with Crippen LogP contribution in [0.2, 0.25) is 0 Å². The molecule has 6 atom stereocenters. The van der Waals surface area contributed by atoms with Crippen LogP contribution in [0.1, 0.15) is 83.1 Å². The topological polar surface area (TPSA) is 136 Å². The van der Waals surface area contributed by atoms with E-state index in [0.29, 0.717) is 39.3 Å². The van der Waals surface area contributed by atoms with Crippen LogP contribution in [0.4, 0.5) is 14.4 Å². The highest BCUT2D eigenvalue weighted by Crippen LogP contribution is 2.37. The van der Waals surface area contributed by atoms with Crippen LogP contribution in [-0.2, 0) is 18.9 Å². The molecule has 0 saturated carbocycles. The average molecular weight is 599 g/mol. The lowest BCUT2D eigenvalue weighted by atomic mass is 9.76. The van der Waals surface area contributed by atoms with Gasteiger partial charge in [0.1, 0.15) is 23.4 Å². The van der Waals surface area contributed by atoms with Crippen LogP contribution in [0.5, 0.6) is 0 Å². The summed E-state index contributed by atoms with van der Waals surface area (Å²) in [6, 6.07) is 0. The van der Waals surface area contributed by atoms with E-state index in [4.69, 9.17) is 18.9 Å². The molecule has 2 saturated heterocycles. The molecule has 0 radical (unpaired) electrons. The lowest BCUT2D eigenvalue weighted by Crippen LogP contribution is -2.47. The van der Waals surface area contributed by atoms with Crippen LogP contribution in [-0.4, -0.2) is 81.0 Å². The quantitative estimate of drug-likeness (QED) is 0.232. The van der Waals surface area contributed by atoms with Crippen LogP contribution in [0.3, 0.4) is 0 Å². The molecule has 0 aromatic carbocycles. The normalized spacial score (nSPS) is 24.9. The molecule has 11 nitrogen and oxygen atoms in total. The van der Waals surface area contributed by atoms with Gasteiger partial charge in [0.15, 0.2) is 0 Å². The summed E-state index contributed by atoms with van der Waals surface area (Å²) >= 11 is 0. The second-order valence-corrected chi connectivity index (χ2v) is 16.0. The first-order valence-corrected chi connectivity index (χ1v) is 15.3. The maximum Gasteiger partial charge on any atom is 0.508 e. The van der Waals surface area contributed by atoms with E-state index in [1.807, 2.05) is 83.1 Å². The third-order valence-corrected chi connectivity index (χ3v) is 7.53. The summed E-state index contributed by atoms with van der Waals surface area (Å²) < 4.78 is 23.1. The van der Waals surface area contributed by atoms with Gasteiger partial charge in [0.05, 0.1) is 0 Å². The maximum absolute atomic E-state index is 13.5. The Balaban J connectivity index is 2.10. The highest BCUT2D eigenvalue weighted by atomic mass is 16.7. The van der Waals surface area contributed by atoms with Crippen LogP contribution < -0.4 is 21.3 Å². The first-order valence-electron chi connectivity index (χ1n) is 15.3. The molecule has 2 amide bonds. The molecule has 2 aliphatic heterocycles.